The van der Waals surface area contributed by atoms with E-state index in [1.807, 2.05) is 0 Å². The molecule has 0 amide bonds. The molecule has 1 aliphatic carbocycles. The fourth-order valence-corrected chi connectivity index (χ4v) is 3.48. The van der Waals surface area contributed by atoms with Gasteiger partial charge >= 0.3 is 0 Å². The van der Waals surface area contributed by atoms with Gasteiger partial charge in [0.15, 0.2) is 5.78 Å². The summed E-state index contributed by atoms with van der Waals surface area (Å²) in [5.74, 6) is -0.270. The number of hydrogen-bond donors (Lipinski definition) is 1. The summed E-state index contributed by atoms with van der Waals surface area (Å²) in [5, 5.41) is 10.1. The number of hydrogen-bond acceptors (Lipinski definition) is 4. The predicted octanol–water partition coefficient (Wildman–Crippen LogP) is 0.820. The Kier molecular flexibility index (Phi) is 2.12. The van der Waals surface area contributed by atoms with E-state index in [0.29, 0.717) is 12.0 Å². The average molecular weight is 245 g/mol. The molecule has 0 unspecified atom stereocenters. The van der Waals surface area contributed by atoms with Crippen molar-refractivity contribution in [2.75, 3.05) is 6.61 Å². The van der Waals surface area contributed by atoms with Crippen molar-refractivity contribution in [1.82, 2.24) is 0 Å². The number of aliphatic hydroxyl groups is 1. The fraction of sp³-hybridized carbons (Fsp3) is 0.727. The van der Waals surface area contributed by atoms with Crippen LogP contribution in [0.15, 0.2) is 11.8 Å². The molecule has 1 saturated heterocycles. The van der Waals surface area contributed by atoms with E-state index < -0.39 is 11.9 Å². The van der Waals surface area contributed by atoms with Crippen molar-refractivity contribution >= 4 is 17.4 Å². The van der Waals surface area contributed by atoms with E-state index in [-0.39, 0.29) is 29.6 Å². The summed E-state index contributed by atoms with van der Waals surface area (Å²) < 4.78 is 10.7. The van der Waals surface area contributed by atoms with Crippen molar-refractivity contribution in [2.45, 2.75) is 30.6 Å². The maximum Gasteiger partial charge on any atom is 0.205 e. The Morgan fingerprint density at radius 1 is 1.69 bits per heavy atom. The van der Waals surface area contributed by atoms with Crippen LogP contribution in [0.1, 0.15) is 13.3 Å². The molecule has 2 fully saturated rings. The summed E-state index contributed by atoms with van der Waals surface area (Å²) in [7, 11) is 0. The lowest BCUT2D eigenvalue weighted by Crippen LogP contribution is -2.44. The van der Waals surface area contributed by atoms with Crippen molar-refractivity contribution in [2.24, 2.45) is 11.8 Å². The highest BCUT2D eigenvalue weighted by molar-refractivity contribution is 6.21. The highest BCUT2D eigenvalue weighted by Crippen LogP contribution is 2.54. The third kappa shape index (κ3) is 1.15. The van der Waals surface area contributed by atoms with Crippen LogP contribution in [0.2, 0.25) is 0 Å². The molecule has 0 radical (unpaired) electrons. The van der Waals surface area contributed by atoms with E-state index in [0.717, 1.165) is 0 Å². The molecule has 3 aliphatic rings. The zero-order valence-corrected chi connectivity index (χ0v) is 9.61. The number of rotatable bonds is 1. The summed E-state index contributed by atoms with van der Waals surface area (Å²) in [6.45, 7) is 1.69. The molecule has 0 spiro atoms. The summed E-state index contributed by atoms with van der Waals surface area (Å²) in [6.07, 6.45) is 1.62. The monoisotopic (exact) mass is 244 g/mol. The highest BCUT2D eigenvalue weighted by Gasteiger charge is 2.64. The first kappa shape index (κ1) is 10.6. The standard InChI is InChI=1S/C11H13ClO4/c1-5(13)7-3-15-10-9-6(7)2-8(12)11(9,14)4-16-10/h3,6,8-10,14H,2,4H2,1H3/t6-,8-,9-,10-,11+/m1/s1. The number of carbonyl (C=O) groups excluding carboxylic acids is 1. The third-order valence-corrected chi connectivity index (χ3v) is 4.48. The smallest absolute Gasteiger partial charge is 0.205 e. The minimum absolute atomic E-state index is 0.0246. The fourth-order valence-electron chi connectivity index (χ4n) is 3.08. The largest absolute Gasteiger partial charge is 0.472 e. The molecule has 1 N–H and O–H groups in total. The Morgan fingerprint density at radius 2 is 2.44 bits per heavy atom. The summed E-state index contributed by atoms with van der Waals surface area (Å²) in [4.78, 5) is 11.5. The van der Waals surface area contributed by atoms with Gasteiger partial charge in [-0.25, -0.2) is 0 Å². The van der Waals surface area contributed by atoms with Gasteiger partial charge in [-0.1, -0.05) is 0 Å². The maximum absolute atomic E-state index is 11.5. The molecule has 0 aromatic rings. The van der Waals surface area contributed by atoms with Crippen LogP contribution >= 0.6 is 11.6 Å². The van der Waals surface area contributed by atoms with E-state index in [1.54, 1.807) is 0 Å². The van der Waals surface area contributed by atoms with Gasteiger partial charge in [0.25, 0.3) is 0 Å². The van der Waals surface area contributed by atoms with Gasteiger partial charge in [-0.2, -0.15) is 0 Å². The van der Waals surface area contributed by atoms with Crippen molar-refractivity contribution in [3.8, 4) is 0 Å². The van der Waals surface area contributed by atoms with E-state index in [2.05, 4.69) is 0 Å². The molecule has 4 nitrogen and oxygen atoms in total. The highest BCUT2D eigenvalue weighted by atomic mass is 35.5. The number of ketones is 1. The third-order valence-electron chi connectivity index (χ3n) is 3.92. The summed E-state index contributed by atoms with van der Waals surface area (Å²) in [6, 6.07) is 0. The van der Waals surface area contributed by atoms with Gasteiger partial charge < -0.3 is 14.6 Å². The number of halogens is 1. The topological polar surface area (TPSA) is 55.8 Å². The molecule has 0 bridgehead atoms. The van der Waals surface area contributed by atoms with Gasteiger partial charge in [0.1, 0.15) is 5.60 Å². The van der Waals surface area contributed by atoms with Gasteiger partial charge in [0.05, 0.1) is 24.2 Å². The van der Waals surface area contributed by atoms with Crippen LogP contribution in [0.4, 0.5) is 0 Å². The molecule has 2 aliphatic heterocycles. The molecule has 5 atom stereocenters. The molecular formula is C11H13ClO4. The van der Waals surface area contributed by atoms with Crippen molar-refractivity contribution in [3.63, 3.8) is 0 Å². The van der Waals surface area contributed by atoms with Crippen LogP contribution in [0.25, 0.3) is 0 Å². The van der Waals surface area contributed by atoms with Gasteiger partial charge in [0.2, 0.25) is 6.29 Å². The van der Waals surface area contributed by atoms with Crippen LogP contribution < -0.4 is 0 Å². The normalized spacial score (nSPS) is 49.6. The Labute approximate surface area is 98.2 Å². The molecule has 88 valence electrons. The van der Waals surface area contributed by atoms with Crippen LogP contribution in [0.5, 0.6) is 0 Å². The molecule has 16 heavy (non-hydrogen) atoms. The predicted molar refractivity (Wildman–Crippen MR) is 55.8 cm³/mol. The summed E-state index contributed by atoms with van der Waals surface area (Å²) in [5.41, 5.74) is -0.431. The molecule has 2 heterocycles. The quantitative estimate of drug-likeness (QED) is 0.694. The zero-order chi connectivity index (χ0) is 11.5. The van der Waals surface area contributed by atoms with E-state index in [4.69, 9.17) is 21.1 Å². The van der Waals surface area contributed by atoms with E-state index in [9.17, 15) is 9.90 Å². The molecular weight excluding hydrogens is 232 g/mol. The Bertz CT molecular complexity index is 380. The lowest BCUT2D eigenvalue weighted by molar-refractivity contribution is -0.123. The van der Waals surface area contributed by atoms with E-state index in [1.165, 1.54) is 13.2 Å². The second kappa shape index (κ2) is 3.22. The average Bonchev–Trinajstić information content (AvgIpc) is 2.69. The lowest BCUT2D eigenvalue weighted by atomic mass is 9.81. The Hall–Kier alpha value is -0.580. The number of Topliss-reactive ketones (excluding diaryl/α,β-unsaturated/α-hetero) is 1. The molecule has 5 heteroatoms. The minimum atomic E-state index is -1.05. The van der Waals surface area contributed by atoms with Gasteiger partial charge in [-0.05, 0) is 13.3 Å². The van der Waals surface area contributed by atoms with Crippen LogP contribution in [-0.4, -0.2) is 34.8 Å². The lowest BCUT2D eigenvalue weighted by Gasteiger charge is -2.31. The molecule has 3 rings (SSSR count). The zero-order valence-electron chi connectivity index (χ0n) is 8.85. The van der Waals surface area contributed by atoms with E-state index >= 15 is 0 Å². The van der Waals surface area contributed by atoms with Crippen LogP contribution in [-0.2, 0) is 14.3 Å². The van der Waals surface area contributed by atoms with Crippen molar-refractivity contribution in [3.05, 3.63) is 11.8 Å². The van der Waals surface area contributed by atoms with Crippen LogP contribution in [0.3, 0.4) is 0 Å². The SMILES string of the molecule is CC(=O)C1=CO[C@@H]2OC[C@@]3(O)[C@@H]2[C@@H]1C[C@H]3Cl. The first-order chi connectivity index (χ1) is 7.54. The van der Waals surface area contributed by atoms with Crippen molar-refractivity contribution in [1.29, 1.82) is 0 Å². The first-order valence-corrected chi connectivity index (χ1v) is 5.82. The number of alkyl halides is 1. The number of allylic oxidation sites excluding steroid dienone is 1. The van der Waals surface area contributed by atoms with Gasteiger partial charge in [-0.15, -0.1) is 11.6 Å². The molecule has 1 saturated carbocycles. The summed E-state index contributed by atoms with van der Waals surface area (Å²) >= 11 is 6.17. The Morgan fingerprint density at radius 3 is 3.12 bits per heavy atom. The Balaban J connectivity index is 2.02. The van der Waals surface area contributed by atoms with Crippen LogP contribution in [0, 0.1) is 11.8 Å². The maximum atomic E-state index is 11.5. The second-order valence-corrected chi connectivity index (χ2v) is 5.30. The molecule has 0 aromatic heterocycles. The van der Waals surface area contributed by atoms with Gasteiger partial charge in [-0.3, -0.25) is 4.79 Å². The second-order valence-electron chi connectivity index (χ2n) is 4.77. The number of carbonyl (C=O) groups is 1. The number of ether oxygens (including phenoxy) is 2. The molecule has 0 aromatic carbocycles. The first-order valence-electron chi connectivity index (χ1n) is 5.38. The van der Waals surface area contributed by atoms with Crippen molar-refractivity contribution < 1.29 is 19.4 Å². The minimum Gasteiger partial charge on any atom is -0.472 e. The van der Waals surface area contributed by atoms with Gasteiger partial charge in [0, 0.05) is 11.5 Å².